The number of nitrogen functional groups attached to an aromatic ring is 1. The van der Waals surface area contributed by atoms with E-state index in [9.17, 15) is 4.79 Å². The molecule has 2 aromatic rings. The van der Waals surface area contributed by atoms with Gasteiger partial charge in [0.25, 0.3) is 0 Å². The fourth-order valence-electron chi connectivity index (χ4n) is 1.97. The van der Waals surface area contributed by atoms with E-state index in [-0.39, 0.29) is 12.3 Å². The first-order chi connectivity index (χ1) is 9.60. The van der Waals surface area contributed by atoms with Crippen molar-refractivity contribution in [2.45, 2.75) is 13.3 Å². The molecule has 20 heavy (non-hydrogen) atoms. The van der Waals surface area contributed by atoms with E-state index < -0.39 is 0 Å². The number of para-hydroxylation sites is 1. The highest BCUT2D eigenvalue weighted by molar-refractivity contribution is 5.93. The Morgan fingerprint density at radius 1 is 1.25 bits per heavy atom. The van der Waals surface area contributed by atoms with Gasteiger partial charge in [0.05, 0.1) is 13.5 Å². The summed E-state index contributed by atoms with van der Waals surface area (Å²) < 4.78 is 5.14. The second-order valence-electron chi connectivity index (χ2n) is 4.60. The Labute approximate surface area is 118 Å². The number of amides is 1. The van der Waals surface area contributed by atoms with Crippen LogP contribution in [-0.2, 0) is 11.2 Å². The topological polar surface area (TPSA) is 64.3 Å². The van der Waals surface area contributed by atoms with Crippen LogP contribution < -0.4 is 15.8 Å². The van der Waals surface area contributed by atoms with Gasteiger partial charge in [-0.2, -0.15) is 0 Å². The molecule has 0 saturated carbocycles. The van der Waals surface area contributed by atoms with Crippen molar-refractivity contribution >= 4 is 17.3 Å². The minimum atomic E-state index is -0.0869. The predicted molar refractivity (Wildman–Crippen MR) is 80.9 cm³/mol. The molecule has 4 heteroatoms. The van der Waals surface area contributed by atoms with Gasteiger partial charge in [0.1, 0.15) is 5.75 Å². The van der Waals surface area contributed by atoms with Crippen LogP contribution in [0.25, 0.3) is 0 Å². The molecule has 0 radical (unpaired) electrons. The first-order valence-corrected chi connectivity index (χ1v) is 6.38. The molecule has 0 aliphatic heterocycles. The van der Waals surface area contributed by atoms with Crippen LogP contribution >= 0.6 is 0 Å². The second kappa shape index (κ2) is 6.10. The number of hydrogen-bond donors (Lipinski definition) is 2. The monoisotopic (exact) mass is 270 g/mol. The van der Waals surface area contributed by atoms with Crippen molar-refractivity contribution in [2.75, 3.05) is 18.2 Å². The quantitative estimate of drug-likeness (QED) is 0.840. The average molecular weight is 270 g/mol. The molecule has 0 aliphatic carbocycles. The number of hydrogen-bond acceptors (Lipinski definition) is 3. The molecular weight excluding hydrogens is 252 g/mol. The number of carbonyl (C=O) groups is 1. The summed E-state index contributed by atoms with van der Waals surface area (Å²) in [4.78, 5) is 12.0. The summed E-state index contributed by atoms with van der Waals surface area (Å²) in [5, 5.41) is 2.89. The van der Waals surface area contributed by atoms with Crippen molar-refractivity contribution < 1.29 is 9.53 Å². The van der Waals surface area contributed by atoms with E-state index in [4.69, 9.17) is 10.5 Å². The number of anilines is 2. The molecular formula is C16H18N2O2. The molecule has 2 aromatic carbocycles. The van der Waals surface area contributed by atoms with E-state index >= 15 is 0 Å². The van der Waals surface area contributed by atoms with Crippen molar-refractivity contribution in [1.82, 2.24) is 0 Å². The first-order valence-electron chi connectivity index (χ1n) is 6.38. The molecule has 3 N–H and O–H groups in total. The van der Waals surface area contributed by atoms with Crippen LogP contribution in [0.3, 0.4) is 0 Å². The van der Waals surface area contributed by atoms with Crippen LogP contribution in [0, 0.1) is 6.92 Å². The zero-order valence-electron chi connectivity index (χ0n) is 11.6. The van der Waals surface area contributed by atoms with Crippen molar-refractivity contribution in [3.05, 3.63) is 53.6 Å². The van der Waals surface area contributed by atoms with Gasteiger partial charge in [-0.1, -0.05) is 18.2 Å². The lowest BCUT2D eigenvalue weighted by Gasteiger charge is -2.10. The summed E-state index contributed by atoms with van der Waals surface area (Å²) in [6.45, 7) is 1.93. The fourth-order valence-corrected chi connectivity index (χ4v) is 1.97. The van der Waals surface area contributed by atoms with Crippen LogP contribution in [-0.4, -0.2) is 13.0 Å². The molecule has 4 nitrogen and oxygen atoms in total. The summed E-state index contributed by atoms with van der Waals surface area (Å²) in [5.74, 6) is 0.684. The molecule has 0 unspecified atom stereocenters. The number of aryl methyl sites for hydroxylation is 1. The molecule has 0 aromatic heterocycles. The number of methoxy groups -OCH3 is 1. The molecule has 0 spiro atoms. The van der Waals surface area contributed by atoms with E-state index in [1.165, 1.54) is 0 Å². The van der Waals surface area contributed by atoms with E-state index in [1.54, 1.807) is 13.2 Å². The highest BCUT2D eigenvalue weighted by atomic mass is 16.5. The Hall–Kier alpha value is -2.49. The van der Waals surface area contributed by atoms with Gasteiger partial charge in [-0.25, -0.2) is 0 Å². The first kappa shape index (κ1) is 13.9. The fraction of sp³-hybridized carbons (Fsp3) is 0.188. The van der Waals surface area contributed by atoms with Gasteiger partial charge in [-0.05, 0) is 42.3 Å². The van der Waals surface area contributed by atoms with E-state index in [0.29, 0.717) is 5.69 Å². The zero-order valence-corrected chi connectivity index (χ0v) is 11.6. The van der Waals surface area contributed by atoms with E-state index in [2.05, 4.69) is 5.32 Å². The van der Waals surface area contributed by atoms with Crippen LogP contribution in [0.5, 0.6) is 5.75 Å². The molecule has 1 amide bonds. The highest BCUT2D eigenvalue weighted by Crippen LogP contribution is 2.21. The number of rotatable bonds is 4. The lowest BCUT2D eigenvalue weighted by Crippen LogP contribution is -2.16. The van der Waals surface area contributed by atoms with Gasteiger partial charge in [-0.15, -0.1) is 0 Å². The Balaban J connectivity index is 2.07. The van der Waals surface area contributed by atoms with Crippen LogP contribution in [0.15, 0.2) is 42.5 Å². The number of carbonyl (C=O) groups excluding carboxylic acids is 1. The van der Waals surface area contributed by atoms with Crippen LogP contribution in [0.4, 0.5) is 11.4 Å². The van der Waals surface area contributed by atoms with Gasteiger partial charge in [0, 0.05) is 11.4 Å². The summed E-state index contributed by atoms with van der Waals surface area (Å²) in [5.41, 5.74) is 9.04. The summed E-state index contributed by atoms with van der Waals surface area (Å²) in [7, 11) is 1.62. The second-order valence-corrected chi connectivity index (χ2v) is 4.60. The molecule has 104 valence electrons. The van der Waals surface area contributed by atoms with Crippen LogP contribution in [0.1, 0.15) is 11.1 Å². The molecule has 0 fully saturated rings. The van der Waals surface area contributed by atoms with Crippen molar-refractivity contribution in [3.8, 4) is 5.75 Å². The predicted octanol–water partition coefficient (Wildman–Crippen LogP) is 2.77. The molecule has 0 saturated heterocycles. The van der Waals surface area contributed by atoms with Crippen LogP contribution in [0.2, 0.25) is 0 Å². The maximum absolute atomic E-state index is 12.0. The lowest BCUT2D eigenvalue weighted by molar-refractivity contribution is -0.115. The summed E-state index contributed by atoms with van der Waals surface area (Å²) >= 11 is 0. The molecule has 2 rings (SSSR count). The van der Waals surface area contributed by atoms with Gasteiger partial charge in [0.2, 0.25) is 5.91 Å². The maximum atomic E-state index is 12.0. The third-order valence-electron chi connectivity index (χ3n) is 3.11. The maximum Gasteiger partial charge on any atom is 0.228 e. The molecule has 0 aliphatic rings. The normalized spacial score (nSPS) is 10.1. The Kier molecular flexibility index (Phi) is 4.25. The SMILES string of the molecule is COc1ccc(NC(=O)Cc2ccccc2N)c(C)c1. The highest BCUT2D eigenvalue weighted by Gasteiger charge is 2.08. The van der Waals surface area contributed by atoms with Crippen molar-refractivity contribution in [2.24, 2.45) is 0 Å². The minimum absolute atomic E-state index is 0.0869. The molecule has 0 bridgehead atoms. The zero-order chi connectivity index (χ0) is 14.5. The smallest absolute Gasteiger partial charge is 0.228 e. The standard InChI is InChI=1S/C16H18N2O2/c1-11-9-13(20-2)7-8-15(11)18-16(19)10-12-5-3-4-6-14(12)17/h3-9H,10,17H2,1-2H3,(H,18,19). The van der Waals surface area contributed by atoms with E-state index in [0.717, 1.165) is 22.6 Å². The third-order valence-corrected chi connectivity index (χ3v) is 3.11. The molecule has 0 atom stereocenters. The van der Waals surface area contributed by atoms with Gasteiger partial charge in [-0.3, -0.25) is 4.79 Å². The Morgan fingerprint density at radius 3 is 2.65 bits per heavy atom. The minimum Gasteiger partial charge on any atom is -0.497 e. The van der Waals surface area contributed by atoms with Crippen molar-refractivity contribution in [3.63, 3.8) is 0 Å². The van der Waals surface area contributed by atoms with E-state index in [1.807, 2.05) is 43.3 Å². The average Bonchev–Trinajstić information content (AvgIpc) is 2.43. The number of ether oxygens (including phenoxy) is 1. The number of benzene rings is 2. The third kappa shape index (κ3) is 3.29. The number of nitrogens with two attached hydrogens (primary N) is 1. The lowest BCUT2D eigenvalue weighted by atomic mass is 10.1. The van der Waals surface area contributed by atoms with Gasteiger partial charge < -0.3 is 15.8 Å². The Morgan fingerprint density at radius 2 is 2.00 bits per heavy atom. The van der Waals surface area contributed by atoms with Gasteiger partial charge in [0.15, 0.2) is 0 Å². The Bertz CT molecular complexity index is 624. The van der Waals surface area contributed by atoms with Gasteiger partial charge >= 0.3 is 0 Å². The number of nitrogens with one attached hydrogen (secondary N) is 1. The molecule has 0 heterocycles. The summed E-state index contributed by atoms with van der Waals surface area (Å²) in [6.07, 6.45) is 0.262. The van der Waals surface area contributed by atoms with Crippen molar-refractivity contribution in [1.29, 1.82) is 0 Å². The largest absolute Gasteiger partial charge is 0.497 e. The summed E-state index contributed by atoms with van der Waals surface area (Å²) in [6, 6.07) is 12.9.